The van der Waals surface area contributed by atoms with Crippen molar-refractivity contribution in [3.63, 3.8) is 0 Å². The van der Waals surface area contributed by atoms with Gasteiger partial charge in [0.05, 0.1) is 39.0 Å². The van der Waals surface area contributed by atoms with Crippen molar-refractivity contribution in [3.8, 4) is 11.5 Å². The van der Waals surface area contributed by atoms with Crippen LogP contribution >= 0.6 is 0 Å². The van der Waals surface area contributed by atoms with Crippen LogP contribution in [-0.2, 0) is 17.8 Å². The molecule has 0 spiro atoms. The molecule has 1 atom stereocenters. The first-order valence-corrected chi connectivity index (χ1v) is 9.27. The van der Waals surface area contributed by atoms with Gasteiger partial charge in [-0.25, -0.2) is 4.79 Å². The molecule has 28 heavy (non-hydrogen) atoms. The number of esters is 1. The van der Waals surface area contributed by atoms with Crippen LogP contribution in [0.2, 0.25) is 0 Å². The van der Waals surface area contributed by atoms with E-state index in [1.165, 1.54) is 4.90 Å². The van der Waals surface area contributed by atoms with Crippen LogP contribution < -0.4 is 14.4 Å². The van der Waals surface area contributed by atoms with Gasteiger partial charge in [0, 0.05) is 5.39 Å². The van der Waals surface area contributed by atoms with Gasteiger partial charge < -0.3 is 23.5 Å². The number of carbonyl (C=O) groups excluding carboxylic acids is 1. The number of carbonyl (C=O) groups is 1. The number of quaternary nitrogens is 1. The standard InChI is InChI=1S/C22H25NO5/c1-5-27-22(24)21-17(16-10-6-7-11-18(16)28-21)14-23(2)13-15-9-8-12-19(25-3)20(15)26-4/h6-12H,5,13-14H2,1-4H3/p+1. The van der Waals surface area contributed by atoms with Crippen LogP contribution in [0.3, 0.4) is 0 Å². The molecule has 0 aliphatic carbocycles. The van der Waals surface area contributed by atoms with E-state index in [4.69, 9.17) is 18.6 Å². The summed E-state index contributed by atoms with van der Waals surface area (Å²) in [5.74, 6) is 1.28. The minimum Gasteiger partial charge on any atom is -0.493 e. The van der Waals surface area contributed by atoms with Crippen LogP contribution in [-0.4, -0.2) is 33.8 Å². The number of benzene rings is 2. The van der Waals surface area contributed by atoms with E-state index in [0.29, 0.717) is 31.0 Å². The van der Waals surface area contributed by atoms with Crippen LogP contribution in [0.25, 0.3) is 11.0 Å². The number of rotatable bonds is 8. The molecule has 3 rings (SSSR count). The molecule has 0 radical (unpaired) electrons. The smallest absolute Gasteiger partial charge is 0.374 e. The lowest BCUT2D eigenvalue weighted by Crippen LogP contribution is -3.06. The van der Waals surface area contributed by atoms with Gasteiger partial charge in [-0.2, -0.15) is 0 Å². The summed E-state index contributed by atoms with van der Waals surface area (Å²) in [5.41, 5.74) is 2.57. The zero-order valence-electron chi connectivity index (χ0n) is 16.7. The number of furan rings is 1. The second-order valence-corrected chi connectivity index (χ2v) is 6.59. The molecule has 1 unspecified atom stereocenters. The molecule has 0 aliphatic heterocycles. The molecule has 0 amide bonds. The average molecular weight is 384 g/mol. The molecule has 0 bridgehead atoms. The third-order valence-corrected chi connectivity index (χ3v) is 4.61. The summed E-state index contributed by atoms with van der Waals surface area (Å²) in [6, 6.07) is 13.5. The highest BCUT2D eigenvalue weighted by atomic mass is 16.5. The van der Waals surface area contributed by atoms with Crippen molar-refractivity contribution in [2.75, 3.05) is 27.9 Å². The van der Waals surface area contributed by atoms with Crippen LogP contribution in [0, 0.1) is 0 Å². The van der Waals surface area contributed by atoms with Crippen molar-refractivity contribution in [2.45, 2.75) is 20.0 Å². The summed E-state index contributed by atoms with van der Waals surface area (Å²) >= 11 is 0. The van der Waals surface area contributed by atoms with Gasteiger partial charge in [-0.15, -0.1) is 0 Å². The molecule has 1 heterocycles. The van der Waals surface area contributed by atoms with Gasteiger partial charge in [0.2, 0.25) is 5.76 Å². The fourth-order valence-corrected chi connectivity index (χ4v) is 3.42. The topological polar surface area (TPSA) is 62.3 Å². The minimum atomic E-state index is -0.430. The summed E-state index contributed by atoms with van der Waals surface area (Å²) in [5, 5.41) is 0.933. The predicted octanol–water partition coefficient (Wildman–Crippen LogP) is 2.84. The maximum absolute atomic E-state index is 12.4. The fourth-order valence-electron chi connectivity index (χ4n) is 3.42. The first-order chi connectivity index (χ1) is 13.6. The Labute approximate surface area is 164 Å². The normalized spacial score (nSPS) is 12.0. The first-order valence-electron chi connectivity index (χ1n) is 9.27. The van der Waals surface area contributed by atoms with Crippen LogP contribution in [0.1, 0.15) is 28.6 Å². The summed E-state index contributed by atoms with van der Waals surface area (Å²) in [7, 11) is 5.33. The van der Waals surface area contributed by atoms with Gasteiger partial charge in [0.1, 0.15) is 18.7 Å². The Kier molecular flexibility index (Phi) is 6.21. The first kappa shape index (κ1) is 19.8. The molecule has 148 valence electrons. The highest BCUT2D eigenvalue weighted by molar-refractivity contribution is 5.96. The maximum atomic E-state index is 12.4. The van der Waals surface area contributed by atoms with E-state index < -0.39 is 5.97 Å². The lowest BCUT2D eigenvalue weighted by Gasteiger charge is -2.17. The zero-order valence-corrected chi connectivity index (χ0v) is 16.7. The van der Waals surface area contributed by atoms with Gasteiger partial charge in [0.25, 0.3) is 0 Å². The lowest BCUT2D eigenvalue weighted by atomic mass is 10.1. The molecule has 0 saturated heterocycles. The summed E-state index contributed by atoms with van der Waals surface area (Å²) in [6.07, 6.45) is 0. The van der Waals surface area contributed by atoms with Crippen molar-refractivity contribution >= 4 is 16.9 Å². The van der Waals surface area contributed by atoms with E-state index in [-0.39, 0.29) is 5.76 Å². The highest BCUT2D eigenvalue weighted by Crippen LogP contribution is 2.30. The second kappa shape index (κ2) is 8.80. The number of hydrogen-bond donors (Lipinski definition) is 1. The van der Waals surface area contributed by atoms with Gasteiger partial charge in [-0.3, -0.25) is 0 Å². The van der Waals surface area contributed by atoms with Gasteiger partial charge in [-0.1, -0.05) is 24.3 Å². The molecule has 1 aromatic heterocycles. The average Bonchev–Trinajstić information content (AvgIpc) is 3.06. The monoisotopic (exact) mass is 384 g/mol. The van der Waals surface area contributed by atoms with Crippen molar-refractivity contribution < 1.29 is 28.3 Å². The van der Waals surface area contributed by atoms with Crippen molar-refractivity contribution in [3.05, 3.63) is 59.4 Å². The van der Waals surface area contributed by atoms with E-state index in [9.17, 15) is 4.79 Å². The molecular weight excluding hydrogens is 358 g/mol. The van der Waals surface area contributed by atoms with Gasteiger partial charge >= 0.3 is 5.97 Å². The maximum Gasteiger partial charge on any atom is 0.374 e. The molecular formula is C22H26NO5+. The van der Waals surface area contributed by atoms with E-state index in [0.717, 1.165) is 22.3 Å². The molecule has 0 aliphatic rings. The number of methoxy groups -OCH3 is 2. The largest absolute Gasteiger partial charge is 0.493 e. The van der Waals surface area contributed by atoms with Gasteiger partial charge in [0.15, 0.2) is 11.5 Å². The molecule has 0 saturated carbocycles. The molecule has 2 aromatic carbocycles. The molecule has 0 fully saturated rings. The van der Waals surface area contributed by atoms with Crippen molar-refractivity contribution in [1.82, 2.24) is 0 Å². The van der Waals surface area contributed by atoms with E-state index in [1.54, 1.807) is 21.1 Å². The fraction of sp³-hybridized carbons (Fsp3) is 0.318. The highest BCUT2D eigenvalue weighted by Gasteiger charge is 2.24. The predicted molar refractivity (Wildman–Crippen MR) is 106 cm³/mol. The second-order valence-electron chi connectivity index (χ2n) is 6.59. The Balaban J connectivity index is 1.90. The molecule has 1 N–H and O–H groups in total. The zero-order chi connectivity index (χ0) is 20.1. The Morgan fingerprint density at radius 3 is 2.54 bits per heavy atom. The quantitative estimate of drug-likeness (QED) is 0.605. The van der Waals surface area contributed by atoms with E-state index >= 15 is 0 Å². The lowest BCUT2D eigenvalue weighted by molar-refractivity contribution is -0.907. The Morgan fingerprint density at radius 2 is 1.82 bits per heavy atom. The Bertz CT molecular complexity index is 963. The third-order valence-electron chi connectivity index (χ3n) is 4.61. The molecule has 6 nitrogen and oxygen atoms in total. The SMILES string of the molecule is CCOC(=O)c1oc2ccccc2c1C[NH+](C)Cc1cccc(OC)c1OC. The number of ether oxygens (including phenoxy) is 3. The van der Waals surface area contributed by atoms with Crippen molar-refractivity contribution in [1.29, 1.82) is 0 Å². The summed E-state index contributed by atoms with van der Waals surface area (Å²) in [4.78, 5) is 13.6. The summed E-state index contributed by atoms with van der Waals surface area (Å²) < 4.78 is 21.9. The van der Waals surface area contributed by atoms with Crippen LogP contribution in [0.15, 0.2) is 46.9 Å². The van der Waals surface area contributed by atoms with Gasteiger partial charge in [-0.05, 0) is 25.1 Å². The Morgan fingerprint density at radius 1 is 1.04 bits per heavy atom. The number of para-hydroxylation sites is 2. The molecule has 6 heteroatoms. The minimum absolute atomic E-state index is 0.278. The third kappa shape index (κ3) is 3.97. The van der Waals surface area contributed by atoms with Crippen molar-refractivity contribution in [2.24, 2.45) is 0 Å². The van der Waals surface area contributed by atoms with E-state index in [1.807, 2.05) is 42.5 Å². The summed E-state index contributed by atoms with van der Waals surface area (Å²) in [6.45, 7) is 3.39. The van der Waals surface area contributed by atoms with E-state index in [2.05, 4.69) is 7.05 Å². The number of fused-ring (bicyclic) bond motifs is 1. The van der Waals surface area contributed by atoms with Crippen LogP contribution in [0.5, 0.6) is 11.5 Å². The number of nitrogens with one attached hydrogen (secondary N) is 1. The molecule has 3 aromatic rings. The van der Waals surface area contributed by atoms with Crippen LogP contribution in [0.4, 0.5) is 0 Å². The Hall–Kier alpha value is -2.99. The number of hydrogen-bond acceptors (Lipinski definition) is 5.